The standard InChI is InChI=1S/C28H39N5O/c1-2-31(27-10-3-6-21-8-5-11-29-28(21)27)18-23-16-25-22(17-30-23)7-4-9-26(25)33-14-12-32(13-15-33)24-19-34-20-24/h4-5,7-9,11,23-24,27,30H,2-3,6,10,12-20H2,1H3/t23-,27+/m1/s1. The predicted octanol–water partition coefficient (Wildman–Crippen LogP) is 3.02. The van der Waals surface area contributed by atoms with Crippen molar-refractivity contribution < 1.29 is 4.74 Å². The van der Waals surface area contributed by atoms with Crippen molar-refractivity contribution in [2.24, 2.45) is 0 Å². The number of piperazine rings is 1. The van der Waals surface area contributed by atoms with E-state index in [4.69, 9.17) is 9.72 Å². The summed E-state index contributed by atoms with van der Waals surface area (Å²) in [6.07, 6.45) is 6.76. The van der Waals surface area contributed by atoms with Crippen LogP contribution < -0.4 is 10.2 Å². The molecule has 3 aliphatic heterocycles. The van der Waals surface area contributed by atoms with Gasteiger partial charge in [-0.15, -0.1) is 0 Å². The van der Waals surface area contributed by atoms with Crippen LogP contribution in [0.15, 0.2) is 36.5 Å². The third-order valence-electron chi connectivity index (χ3n) is 8.54. The summed E-state index contributed by atoms with van der Waals surface area (Å²) in [4.78, 5) is 12.8. The van der Waals surface area contributed by atoms with Crippen LogP contribution >= 0.6 is 0 Å². The third kappa shape index (κ3) is 4.37. The largest absolute Gasteiger partial charge is 0.378 e. The van der Waals surface area contributed by atoms with Crippen molar-refractivity contribution in [1.29, 1.82) is 0 Å². The molecule has 1 aliphatic carbocycles. The number of nitrogens with one attached hydrogen (secondary N) is 1. The summed E-state index contributed by atoms with van der Waals surface area (Å²) in [6, 6.07) is 12.9. The van der Waals surface area contributed by atoms with Crippen LogP contribution in [0.5, 0.6) is 0 Å². The summed E-state index contributed by atoms with van der Waals surface area (Å²) >= 11 is 0. The molecule has 0 radical (unpaired) electrons. The minimum atomic E-state index is 0.456. The molecule has 2 saturated heterocycles. The predicted molar refractivity (Wildman–Crippen MR) is 136 cm³/mol. The fraction of sp³-hybridized carbons (Fsp3) is 0.607. The van der Waals surface area contributed by atoms with Crippen molar-refractivity contribution in [3.63, 3.8) is 0 Å². The van der Waals surface area contributed by atoms with Gasteiger partial charge in [-0.1, -0.05) is 25.1 Å². The number of aromatic nitrogens is 1. The summed E-state index contributed by atoms with van der Waals surface area (Å²) in [7, 11) is 0. The lowest BCUT2D eigenvalue weighted by molar-refractivity contribution is -0.0660. The van der Waals surface area contributed by atoms with Gasteiger partial charge in [0.1, 0.15) is 0 Å². The molecule has 0 spiro atoms. The van der Waals surface area contributed by atoms with Crippen molar-refractivity contribution in [3.05, 3.63) is 58.9 Å². The molecule has 4 aliphatic rings. The number of hydrogen-bond acceptors (Lipinski definition) is 6. The lowest BCUT2D eigenvalue weighted by Gasteiger charge is -2.44. The van der Waals surface area contributed by atoms with Gasteiger partial charge >= 0.3 is 0 Å². The summed E-state index contributed by atoms with van der Waals surface area (Å²) in [5, 5.41) is 3.87. The first kappa shape index (κ1) is 22.5. The van der Waals surface area contributed by atoms with Gasteiger partial charge < -0.3 is 15.0 Å². The highest BCUT2D eigenvalue weighted by Crippen LogP contribution is 2.34. The number of benzene rings is 1. The average molecular weight is 462 g/mol. The van der Waals surface area contributed by atoms with E-state index in [2.05, 4.69) is 57.3 Å². The zero-order chi connectivity index (χ0) is 22.9. The van der Waals surface area contributed by atoms with Crippen LogP contribution in [-0.2, 0) is 24.1 Å². The number of ether oxygens (including phenoxy) is 1. The first-order valence-electron chi connectivity index (χ1n) is 13.4. The molecule has 6 rings (SSSR count). The zero-order valence-electron chi connectivity index (χ0n) is 20.6. The zero-order valence-corrected chi connectivity index (χ0v) is 20.6. The number of aryl methyl sites for hydroxylation is 1. The Morgan fingerprint density at radius 2 is 1.94 bits per heavy atom. The van der Waals surface area contributed by atoms with Crippen LogP contribution in [0.1, 0.15) is 48.2 Å². The molecule has 6 heteroatoms. The number of anilines is 1. The molecule has 0 bridgehead atoms. The molecule has 0 saturated carbocycles. The highest BCUT2D eigenvalue weighted by molar-refractivity contribution is 5.58. The lowest BCUT2D eigenvalue weighted by atomic mass is 9.89. The second-order valence-corrected chi connectivity index (χ2v) is 10.5. The Kier molecular flexibility index (Phi) is 6.57. The van der Waals surface area contributed by atoms with Crippen molar-refractivity contribution in [3.8, 4) is 0 Å². The number of hydrogen-bond donors (Lipinski definition) is 1. The lowest BCUT2D eigenvalue weighted by Crippen LogP contribution is -2.56. The van der Waals surface area contributed by atoms with Crippen LogP contribution in [0.25, 0.3) is 0 Å². The first-order chi connectivity index (χ1) is 16.8. The van der Waals surface area contributed by atoms with Gasteiger partial charge in [-0.05, 0) is 61.1 Å². The van der Waals surface area contributed by atoms with Crippen LogP contribution in [-0.4, -0.2) is 79.3 Å². The molecule has 0 amide bonds. The normalized spacial score (nSPS) is 25.6. The maximum Gasteiger partial charge on any atom is 0.0645 e. The van der Waals surface area contributed by atoms with Gasteiger partial charge in [0.25, 0.3) is 0 Å². The van der Waals surface area contributed by atoms with E-state index in [9.17, 15) is 0 Å². The van der Waals surface area contributed by atoms with E-state index in [1.54, 1.807) is 5.56 Å². The smallest absolute Gasteiger partial charge is 0.0645 e. The Morgan fingerprint density at radius 1 is 1.09 bits per heavy atom. The molecule has 0 unspecified atom stereocenters. The molecule has 6 nitrogen and oxygen atoms in total. The summed E-state index contributed by atoms with van der Waals surface area (Å²) in [5.41, 5.74) is 7.30. The van der Waals surface area contributed by atoms with Crippen LogP contribution in [0, 0.1) is 0 Å². The summed E-state index contributed by atoms with van der Waals surface area (Å²) in [6.45, 7) is 11.8. The second-order valence-electron chi connectivity index (χ2n) is 10.5. The highest BCUT2D eigenvalue weighted by Gasteiger charge is 2.32. The fourth-order valence-electron chi connectivity index (χ4n) is 6.48. The molecule has 2 fully saturated rings. The van der Waals surface area contributed by atoms with Gasteiger partial charge in [0.2, 0.25) is 0 Å². The first-order valence-corrected chi connectivity index (χ1v) is 13.4. The third-order valence-corrected chi connectivity index (χ3v) is 8.54. The van der Waals surface area contributed by atoms with E-state index in [-0.39, 0.29) is 0 Å². The Morgan fingerprint density at radius 3 is 2.74 bits per heavy atom. The van der Waals surface area contributed by atoms with E-state index in [1.165, 1.54) is 41.8 Å². The van der Waals surface area contributed by atoms with Gasteiger partial charge in [0, 0.05) is 57.2 Å². The molecule has 1 aromatic carbocycles. The number of likely N-dealkylation sites (N-methyl/N-ethyl adjacent to an activating group) is 1. The SMILES string of the molecule is CCN(C[C@H]1Cc2c(cccc2N2CCN(C3COC3)CC2)CN1)[C@H]1CCCc2cccnc21. The molecule has 2 atom stereocenters. The molecule has 1 N–H and O–H groups in total. The number of pyridine rings is 1. The van der Waals surface area contributed by atoms with E-state index < -0.39 is 0 Å². The van der Waals surface area contributed by atoms with E-state index in [0.717, 1.165) is 65.4 Å². The minimum Gasteiger partial charge on any atom is -0.378 e. The van der Waals surface area contributed by atoms with Crippen LogP contribution in [0.2, 0.25) is 0 Å². The number of rotatable bonds is 6. The number of fused-ring (bicyclic) bond motifs is 2. The van der Waals surface area contributed by atoms with E-state index in [0.29, 0.717) is 18.1 Å². The Hall–Kier alpha value is -1.99. The van der Waals surface area contributed by atoms with Crippen molar-refractivity contribution in [2.45, 2.75) is 57.3 Å². The summed E-state index contributed by atoms with van der Waals surface area (Å²) < 4.78 is 5.42. The highest BCUT2D eigenvalue weighted by atomic mass is 16.5. The Labute approximate surface area is 204 Å². The van der Waals surface area contributed by atoms with Gasteiger partial charge in [-0.3, -0.25) is 14.8 Å². The topological polar surface area (TPSA) is 43.9 Å². The molecule has 1 aromatic heterocycles. The van der Waals surface area contributed by atoms with Crippen molar-refractivity contribution in [1.82, 2.24) is 20.1 Å². The average Bonchev–Trinajstić information content (AvgIpc) is 2.86. The van der Waals surface area contributed by atoms with E-state index in [1.807, 2.05) is 6.20 Å². The van der Waals surface area contributed by atoms with Crippen LogP contribution in [0.4, 0.5) is 5.69 Å². The maximum absolute atomic E-state index is 5.42. The Balaban J connectivity index is 1.15. The Bertz CT molecular complexity index is 985. The molecule has 4 heterocycles. The second kappa shape index (κ2) is 9.94. The quantitative estimate of drug-likeness (QED) is 0.714. The van der Waals surface area contributed by atoms with Gasteiger partial charge in [-0.25, -0.2) is 0 Å². The van der Waals surface area contributed by atoms with Crippen LogP contribution in [0.3, 0.4) is 0 Å². The van der Waals surface area contributed by atoms with Gasteiger partial charge in [0.05, 0.1) is 31.0 Å². The van der Waals surface area contributed by atoms with Crippen molar-refractivity contribution in [2.75, 3.05) is 57.4 Å². The van der Waals surface area contributed by atoms with Gasteiger partial charge in [0.15, 0.2) is 0 Å². The van der Waals surface area contributed by atoms with E-state index >= 15 is 0 Å². The minimum absolute atomic E-state index is 0.456. The molecule has 2 aromatic rings. The van der Waals surface area contributed by atoms with Crippen molar-refractivity contribution >= 4 is 5.69 Å². The molecule has 182 valence electrons. The van der Waals surface area contributed by atoms with Gasteiger partial charge in [-0.2, -0.15) is 0 Å². The fourth-order valence-corrected chi connectivity index (χ4v) is 6.48. The maximum atomic E-state index is 5.42. The molecule has 34 heavy (non-hydrogen) atoms. The number of nitrogens with zero attached hydrogens (tertiary/aromatic N) is 4. The summed E-state index contributed by atoms with van der Waals surface area (Å²) in [5.74, 6) is 0. The monoisotopic (exact) mass is 461 g/mol. The molecular weight excluding hydrogens is 422 g/mol. The molecular formula is C28H39N5O.